The number of hydrogen-bond donors (Lipinski definition) is 3. The number of pyridine rings is 1. The predicted molar refractivity (Wildman–Crippen MR) is 166 cm³/mol. The molecule has 3 fully saturated rings. The number of carboxylic acids is 1. The number of carboxylic acid groups (broad SMARTS) is 1. The number of aromatic nitrogens is 1. The first-order chi connectivity index (χ1) is 21.1. The van der Waals surface area contributed by atoms with Gasteiger partial charge in [0.25, 0.3) is 0 Å². The van der Waals surface area contributed by atoms with Crippen LogP contribution in [-0.4, -0.2) is 78.8 Å². The van der Waals surface area contributed by atoms with Crippen molar-refractivity contribution in [2.45, 2.75) is 31.9 Å². The maximum Gasteiger partial charge on any atom is 0.414 e. The maximum atomic E-state index is 15.4. The van der Waals surface area contributed by atoms with E-state index in [1.807, 2.05) is 16.7 Å². The summed E-state index contributed by atoms with van der Waals surface area (Å²) in [5.41, 5.74) is 0.493. The second-order valence-electron chi connectivity index (χ2n) is 11.1. The van der Waals surface area contributed by atoms with Gasteiger partial charge in [0.1, 0.15) is 23.3 Å². The van der Waals surface area contributed by atoms with Crippen molar-refractivity contribution in [3.63, 3.8) is 0 Å². The third kappa shape index (κ3) is 5.73. The van der Waals surface area contributed by atoms with Gasteiger partial charge in [-0.3, -0.25) is 9.69 Å². The molecule has 6 rings (SSSR count). The molecular weight excluding hydrogens is 594 g/mol. The van der Waals surface area contributed by atoms with E-state index in [9.17, 15) is 19.5 Å². The number of rotatable bonds is 8. The van der Waals surface area contributed by atoms with Gasteiger partial charge >= 0.3 is 12.1 Å². The summed E-state index contributed by atoms with van der Waals surface area (Å²) >= 11 is 5.14. The van der Waals surface area contributed by atoms with Crippen LogP contribution in [-0.2, 0) is 4.74 Å². The first-order valence-corrected chi connectivity index (χ1v) is 15.0. The lowest BCUT2D eigenvalue weighted by atomic mass is 10.1. The fourth-order valence-corrected chi connectivity index (χ4v) is 6.01. The molecule has 14 heteroatoms. The monoisotopic (exact) mass is 626 g/mol. The van der Waals surface area contributed by atoms with Gasteiger partial charge in [-0.1, -0.05) is 0 Å². The average molecular weight is 627 g/mol. The van der Waals surface area contributed by atoms with E-state index in [-0.39, 0.29) is 23.5 Å². The molecule has 3 N–H and O–H groups in total. The van der Waals surface area contributed by atoms with Gasteiger partial charge in [-0.05, 0) is 62.3 Å². The molecule has 1 aliphatic carbocycles. The quantitative estimate of drug-likeness (QED) is 0.321. The SMILES string of the molecule is CCNC(=S)NC[C@H]1CN(c2ccc(N3CCN(c4cc5c(cc4F)c(=O)c(C(=O)O)cn5C4CC4)CC3)c(F)c2)C(=O)O1. The van der Waals surface area contributed by atoms with Crippen LogP contribution in [0.15, 0.2) is 41.3 Å². The molecule has 0 radical (unpaired) electrons. The summed E-state index contributed by atoms with van der Waals surface area (Å²) in [5.74, 6) is -2.44. The second kappa shape index (κ2) is 11.9. The van der Waals surface area contributed by atoms with Crippen LogP contribution in [0.3, 0.4) is 0 Å². The molecular formula is C30H32F2N6O5S. The van der Waals surface area contributed by atoms with E-state index < -0.39 is 35.2 Å². The van der Waals surface area contributed by atoms with E-state index in [0.717, 1.165) is 18.9 Å². The van der Waals surface area contributed by atoms with Crippen LogP contribution in [0.2, 0.25) is 0 Å². The lowest BCUT2D eigenvalue weighted by molar-refractivity contribution is 0.0694. The third-order valence-corrected chi connectivity index (χ3v) is 8.47. The van der Waals surface area contributed by atoms with Crippen molar-refractivity contribution < 1.29 is 28.2 Å². The number of hydrogen-bond acceptors (Lipinski definition) is 7. The molecule has 2 saturated heterocycles. The summed E-state index contributed by atoms with van der Waals surface area (Å²) in [5, 5.41) is 16.0. The Morgan fingerprint density at radius 2 is 1.70 bits per heavy atom. The summed E-state index contributed by atoms with van der Waals surface area (Å²) in [6.07, 6.45) is 2.07. The molecule has 3 aromatic rings. The number of anilines is 3. The molecule has 2 aliphatic heterocycles. The van der Waals surface area contributed by atoms with Crippen LogP contribution in [0.25, 0.3) is 10.9 Å². The molecule has 3 heterocycles. The highest BCUT2D eigenvalue weighted by molar-refractivity contribution is 7.80. The first kappa shape index (κ1) is 29.6. The van der Waals surface area contributed by atoms with Crippen LogP contribution < -0.4 is 30.8 Å². The molecule has 0 spiro atoms. The minimum absolute atomic E-state index is 0.0419. The van der Waals surface area contributed by atoms with Crippen molar-refractivity contribution in [3.8, 4) is 0 Å². The van der Waals surface area contributed by atoms with Crippen LogP contribution in [0.1, 0.15) is 36.2 Å². The van der Waals surface area contributed by atoms with Gasteiger partial charge in [-0.2, -0.15) is 0 Å². The minimum atomic E-state index is -1.34. The zero-order chi connectivity index (χ0) is 31.1. The van der Waals surface area contributed by atoms with Gasteiger partial charge in [0.2, 0.25) is 5.43 Å². The summed E-state index contributed by atoms with van der Waals surface area (Å²) in [4.78, 5) is 42.0. The largest absolute Gasteiger partial charge is 0.477 e. The fraction of sp³-hybridized carbons (Fsp3) is 0.400. The lowest BCUT2D eigenvalue weighted by Crippen LogP contribution is -2.47. The number of thiocarbonyl (C=S) groups is 1. The van der Waals surface area contributed by atoms with E-state index in [1.54, 1.807) is 22.8 Å². The maximum absolute atomic E-state index is 15.4. The molecule has 11 nitrogen and oxygen atoms in total. The molecule has 232 valence electrons. The molecule has 1 saturated carbocycles. The molecule has 1 amide bonds. The summed E-state index contributed by atoms with van der Waals surface area (Å²) in [6, 6.07) is 7.44. The summed E-state index contributed by atoms with van der Waals surface area (Å²) in [6.45, 7) is 4.78. The molecule has 0 unspecified atom stereocenters. The lowest BCUT2D eigenvalue weighted by Gasteiger charge is -2.37. The van der Waals surface area contributed by atoms with Gasteiger partial charge in [-0.25, -0.2) is 18.4 Å². The normalized spacial score (nSPS) is 18.5. The number of amides is 1. The number of benzene rings is 2. The van der Waals surface area contributed by atoms with Crippen LogP contribution >= 0.6 is 12.2 Å². The number of cyclic esters (lactones) is 1. The zero-order valence-electron chi connectivity index (χ0n) is 24.0. The average Bonchev–Trinajstić information content (AvgIpc) is 3.77. The Morgan fingerprint density at radius 3 is 2.34 bits per heavy atom. The van der Waals surface area contributed by atoms with Gasteiger partial charge in [0.15, 0.2) is 5.11 Å². The van der Waals surface area contributed by atoms with Gasteiger partial charge in [0, 0.05) is 50.3 Å². The number of nitrogens with zero attached hydrogens (tertiary/aromatic N) is 4. The Bertz CT molecular complexity index is 1710. The molecule has 0 bridgehead atoms. The number of ether oxygens (including phenoxy) is 1. The van der Waals surface area contributed by atoms with Gasteiger partial charge in [0.05, 0.1) is 35.7 Å². The highest BCUT2D eigenvalue weighted by atomic mass is 32.1. The number of halogens is 2. The van der Waals surface area contributed by atoms with E-state index >= 15 is 8.78 Å². The number of carbonyl (C=O) groups is 2. The van der Waals surface area contributed by atoms with E-state index in [1.165, 1.54) is 17.2 Å². The Hall–Kier alpha value is -4.46. The van der Waals surface area contributed by atoms with Crippen molar-refractivity contribution in [2.75, 3.05) is 60.5 Å². The molecule has 1 aromatic heterocycles. The standard InChI is InChI=1S/C30H32F2N6O5S/c1-2-33-29(44)34-14-19-15-38(30(42)43-19)18-5-6-24(22(31)11-18)35-7-9-36(10-8-35)26-13-25-20(12-23(26)32)27(39)21(28(40)41)16-37(25)17-3-4-17/h5-6,11-13,16-17,19H,2-4,7-10,14-15H2,1H3,(H,40,41)(H2,33,34,44)/t19-/m0/s1. The molecule has 44 heavy (non-hydrogen) atoms. The first-order valence-electron chi connectivity index (χ1n) is 14.6. The topological polar surface area (TPSA) is 119 Å². The Balaban J connectivity index is 1.14. The number of carbonyl (C=O) groups excluding carboxylic acids is 1. The van der Waals surface area contributed by atoms with E-state index in [0.29, 0.717) is 67.0 Å². The van der Waals surface area contributed by atoms with Crippen molar-refractivity contribution in [3.05, 3.63) is 63.9 Å². The summed E-state index contributed by atoms with van der Waals surface area (Å²) < 4.78 is 37.9. The zero-order valence-corrected chi connectivity index (χ0v) is 24.8. The minimum Gasteiger partial charge on any atom is -0.477 e. The smallest absolute Gasteiger partial charge is 0.414 e. The molecule has 1 atom stereocenters. The third-order valence-electron chi connectivity index (χ3n) is 8.18. The van der Waals surface area contributed by atoms with Crippen LogP contribution in [0.4, 0.5) is 30.6 Å². The Labute approximate surface area is 257 Å². The van der Waals surface area contributed by atoms with E-state index in [4.69, 9.17) is 17.0 Å². The number of piperazine rings is 1. The highest BCUT2D eigenvalue weighted by Gasteiger charge is 2.33. The number of fused-ring (bicyclic) bond motifs is 1. The number of aromatic carboxylic acids is 1. The summed E-state index contributed by atoms with van der Waals surface area (Å²) in [7, 11) is 0. The predicted octanol–water partition coefficient (Wildman–Crippen LogP) is 3.45. The van der Waals surface area contributed by atoms with Crippen LogP contribution in [0.5, 0.6) is 0 Å². The molecule has 3 aliphatic rings. The fourth-order valence-electron chi connectivity index (χ4n) is 5.78. The van der Waals surface area contributed by atoms with Gasteiger partial charge in [-0.15, -0.1) is 0 Å². The second-order valence-corrected chi connectivity index (χ2v) is 11.5. The van der Waals surface area contributed by atoms with Crippen molar-refractivity contribution >= 4 is 57.4 Å². The van der Waals surface area contributed by atoms with E-state index in [2.05, 4.69) is 10.6 Å². The van der Waals surface area contributed by atoms with Gasteiger partial charge < -0.3 is 34.8 Å². The Morgan fingerprint density at radius 1 is 1.02 bits per heavy atom. The van der Waals surface area contributed by atoms with Crippen molar-refractivity contribution in [1.82, 2.24) is 15.2 Å². The molecule has 2 aromatic carbocycles. The van der Waals surface area contributed by atoms with Crippen molar-refractivity contribution in [1.29, 1.82) is 0 Å². The highest BCUT2D eigenvalue weighted by Crippen LogP contribution is 2.38. The Kier molecular flexibility index (Phi) is 8.01. The number of nitrogens with one attached hydrogen (secondary N) is 2. The van der Waals surface area contributed by atoms with Crippen molar-refractivity contribution in [2.24, 2.45) is 0 Å². The van der Waals surface area contributed by atoms with Crippen LogP contribution in [0, 0.1) is 11.6 Å².